The summed E-state index contributed by atoms with van der Waals surface area (Å²) in [5, 5.41) is 11.7. The number of nitrogens with zero attached hydrogens (tertiary/aromatic N) is 1. The molecule has 0 atom stereocenters. The lowest BCUT2D eigenvalue weighted by Crippen LogP contribution is -2.22. The SMILES string of the molecule is C=CCNc1nc(C(=O)OCC(=O)Nc2scc(-c3cccs3)c2C(=O)OCC)cs1. The molecule has 3 aromatic heterocycles. The van der Waals surface area contributed by atoms with Gasteiger partial charge in [-0.05, 0) is 18.4 Å². The van der Waals surface area contributed by atoms with Gasteiger partial charge in [0.15, 0.2) is 17.4 Å². The maximum Gasteiger partial charge on any atom is 0.358 e. The van der Waals surface area contributed by atoms with Gasteiger partial charge in [-0.3, -0.25) is 4.79 Å². The lowest BCUT2D eigenvalue weighted by atomic mass is 10.1. The number of ether oxygens (including phenoxy) is 2. The van der Waals surface area contributed by atoms with E-state index in [1.807, 2.05) is 17.5 Å². The summed E-state index contributed by atoms with van der Waals surface area (Å²) in [5.41, 5.74) is 1.08. The Balaban J connectivity index is 1.65. The summed E-state index contributed by atoms with van der Waals surface area (Å²) in [4.78, 5) is 41.9. The highest BCUT2D eigenvalue weighted by atomic mass is 32.1. The van der Waals surface area contributed by atoms with Gasteiger partial charge in [0.05, 0.1) is 6.61 Å². The molecular formula is C20H19N3O5S3. The third-order valence-corrected chi connectivity index (χ3v) is 6.35. The van der Waals surface area contributed by atoms with Crippen LogP contribution in [0.5, 0.6) is 0 Å². The van der Waals surface area contributed by atoms with Gasteiger partial charge < -0.3 is 20.1 Å². The van der Waals surface area contributed by atoms with E-state index in [2.05, 4.69) is 22.2 Å². The molecule has 0 saturated carbocycles. The van der Waals surface area contributed by atoms with E-state index in [9.17, 15) is 14.4 Å². The summed E-state index contributed by atoms with van der Waals surface area (Å²) in [7, 11) is 0. The van der Waals surface area contributed by atoms with Crippen LogP contribution in [0.25, 0.3) is 10.4 Å². The Labute approximate surface area is 190 Å². The van der Waals surface area contributed by atoms with E-state index in [4.69, 9.17) is 9.47 Å². The van der Waals surface area contributed by atoms with Crippen LogP contribution in [0.1, 0.15) is 27.8 Å². The summed E-state index contributed by atoms with van der Waals surface area (Å²) < 4.78 is 10.2. The number of aromatic nitrogens is 1. The summed E-state index contributed by atoms with van der Waals surface area (Å²) in [6.45, 7) is 5.52. The fraction of sp³-hybridized carbons (Fsp3) is 0.200. The van der Waals surface area contributed by atoms with Gasteiger partial charge in [-0.25, -0.2) is 14.6 Å². The van der Waals surface area contributed by atoms with Crippen LogP contribution >= 0.6 is 34.0 Å². The van der Waals surface area contributed by atoms with E-state index in [0.717, 1.165) is 4.88 Å². The monoisotopic (exact) mass is 477 g/mol. The molecule has 0 aliphatic rings. The minimum Gasteiger partial charge on any atom is -0.462 e. The minimum absolute atomic E-state index is 0.104. The van der Waals surface area contributed by atoms with E-state index in [1.54, 1.807) is 18.4 Å². The standard InChI is InChI=1S/C20H19N3O5S3/c1-3-7-21-20-22-13(11-31-20)18(25)28-9-15(24)23-17-16(19(26)27-4-2)12(10-30-17)14-6-5-8-29-14/h3,5-6,8,10-11H,1,4,7,9H2,2H3,(H,21,22)(H,23,24). The first-order valence-corrected chi connectivity index (χ1v) is 11.8. The lowest BCUT2D eigenvalue weighted by Gasteiger charge is -2.08. The quantitative estimate of drug-likeness (QED) is 0.327. The van der Waals surface area contributed by atoms with Gasteiger partial charge >= 0.3 is 11.9 Å². The lowest BCUT2D eigenvalue weighted by molar-refractivity contribution is -0.119. The molecule has 0 aliphatic heterocycles. The van der Waals surface area contributed by atoms with Crippen LogP contribution in [0.2, 0.25) is 0 Å². The van der Waals surface area contributed by atoms with Gasteiger partial charge in [0.2, 0.25) is 0 Å². The number of thiophene rings is 2. The zero-order valence-electron chi connectivity index (χ0n) is 16.5. The Bertz CT molecular complexity index is 1070. The third-order valence-electron chi connectivity index (χ3n) is 3.76. The molecule has 11 heteroatoms. The Hall–Kier alpha value is -3.02. The molecule has 0 spiro atoms. The van der Waals surface area contributed by atoms with Crippen molar-refractivity contribution in [2.45, 2.75) is 6.92 Å². The highest BCUT2D eigenvalue weighted by molar-refractivity contribution is 7.17. The molecule has 3 aromatic rings. The maximum atomic E-state index is 12.5. The maximum absolute atomic E-state index is 12.5. The van der Waals surface area contributed by atoms with E-state index in [1.165, 1.54) is 39.4 Å². The van der Waals surface area contributed by atoms with E-state index in [-0.39, 0.29) is 17.9 Å². The summed E-state index contributed by atoms with van der Waals surface area (Å²) in [6.07, 6.45) is 1.67. The van der Waals surface area contributed by atoms with Crippen molar-refractivity contribution in [1.82, 2.24) is 4.98 Å². The first-order chi connectivity index (χ1) is 15.0. The van der Waals surface area contributed by atoms with Gasteiger partial charge in [0.1, 0.15) is 10.6 Å². The number of hydrogen-bond acceptors (Lipinski definition) is 10. The molecule has 1 amide bonds. The molecule has 162 valence electrons. The zero-order chi connectivity index (χ0) is 22.2. The smallest absolute Gasteiger partial charge is 0.358 e. The van der Waals surface area contributed by atoms with Crippen molar-refractivity contribution in [3.63, 3.8) is 0 Å². The Kier molecular flexibility index (Phi) is 7.93. The zero-order valence-corrected chi connectivity index (χ0v) is 19.0. The number of nitrogens with one attached hydrogen (secondary N) is 2. The van der Waals surface area contributed by atoms with Crippen LogP contribution in [0, 0.1) is 0 Å². The molecule has 0 bridgehead atoms. The molecule has 0 fully saturated rings. The van der Waals surface area contributed by atoms with Crippen molar-refractivity contribution in [2.75, 3.05) is 30.4 Å². The molecule has 3 heterocycles. The van der Waals surface area contributed by atoms with Crippen LogP contribution in [0.4, 0.5) is 10.1 Å². The first-order valence-electron chi connectivity index (χ1n) is 9.13. The average molecular weight is 478 g/mol. The number of esters is 2. The summed E-state index contributed by atoms with van der Waals surface area (Å²) in [5.74, 6) is -1.81. The topological polar surface area (TPSA) is 107 Å². The predicted molar refractivity (Wildman–Crippen MR) is 123 cm³/mol. The molecule has 2 N–H and O–H groups in total. The second-order valence-corrected chi connectivity index (χ2v) is 8.57. The normalized spacial score (nSPS) is 10.4. The highest BCUT2D eigenvalue weighted by Crippen LogP contribution is 2.38. The fourth-order valence-corrected chi connectivity index (χ4v) is 4.92. The number of carbonyl (C=O) groups excluding carboxylic acids is 3. The molecule has 31 heavy (non-hydrogen) atoms. The Morgan fingerprint density at radius 1 is 1.16 bits per heavy atom. The first kappa shape index (κ1) is 22.7. The molecule has 0 aliphatic carbocycles. The molecule has 0 aromatic carbocycles. The van der Waals surface area contributed by atoms with E-state index in [0.29, 0.717) is 22.2 Å². The number of hydrogen-bond donors (Lipinski definition) is 2. The molecule has 0 saturated heterocycles. The van der Waals surface area contributed by atoms with Crippen LogP contribution in [0.15, 0.2) is 40.9 Å². The van der Waals surface area contributed by atoms with Gasteiger partial charge in [-0.15, -0.1) is 40.6 Å². The van der Waals surface area contributed by atoms with E-state index < -0.39 is 24.5 Å². The van der Waals surface area contributed by atoms with Crippen molar-refractivity contribution >= 4 is 62.0 Å². The number of amides is 1. The predicted octanol–water partition coefficient (Wildman–Crippen LogP) is 4.50. The molecule has 3 rings (SSSR count). The van der Waals surface area contributed by atoms with E-state index >= 15 is 0 Å². The van der Waals surface area contributed by atoms with Crippen LogP contribution < -0.4 is 10.6 Å². The minimum atomic E-state index is -0.714. The van der Waals surface area contributed by atoms with Crippen LogP contribution in [0.3, 0.4) is 0 Å². The van der Waals surface area contributed by atoms with Crippen LogP contribution in [-0.2, 0) is 14.3 Å². The number of carbonyl (C=O) groups is 3. The number of anilines is 2. The van der Waals surface area contributed by atoms with Crippen molar-refractivity contribution in [1.29, 1.82) is 0 Å². The number of thiazole rings is 1. The van der Waals surface area contributed by atoms with Crippen molar-refractivity contribution in [3.8, 4) is 10.4 Å². The van der Waals surface area contributed by atoms with Gasteiger partial charge in [-0.1, -0.05) is 12.1 Å². The molecule has 8 nitrogen and oxygen atoms in total. The highest BCUT2D eigenvalue weighted by Gasteiger charge is 2.24. The summed E-state index contributed by atoms with van der Waals surface area (Å²) >= 11 is 3.93. The van der Waals surface area contributed by atoms with Crippen LogP contribution in [-0.4, -0.2) is 42.6 Å². The largest absolute Gasteiger partial charge is 0.462 e. The average Bonchev–Trinajstić information content (AvgIpc) is 3.51. The number of rotatable bonds is 10. The van der Waals surface area contributed by atoms with Crippen molar-refractivity contribution < 1.29 is 23.9 Å². The Morgan fingerprint density at radius 2 is 2.00 bits per heavy atom. The van der Waals surface area contributed by atoms with Crippen molar-refractivity contribution in [2.24, 2.45) is 0 Å². The van der Waals surface area contributed by atoms with Crippen molar-refractivity contribution in [3.05, 3.63) is 52.2 Å². The van der Waals surface area contributed by atoms with Gasteiger partial charge in [-0.2, -0.15) is 0 Å². The molecular weight excluding hydrogens is 458 g/mol. The third kappa shape index (κ3) is 5.78. The summed E-state index contributed by atoms with van der Waals surface area (Å²) in [6, 6.07) is 3.76. The molecule has 0 unspecified atom stereocenters. The van der Waals surface area contributed by atoms with Gasteiger partial charge in [0.25, 0.3) is 5.91 Å². The Morgan fingerprint density at radius 3 is 2.71 bits per heavy atom. The molecule has 0 radical (unpaired) electrons. The second-order valence-electron chi connectivity index (χ2n) is 5.88. The second kappa shape index (κ2) is 10.8. The fourth-order valence-electron chi connectivity index (χ4n) is 2.44. The van der Waals surface area contributed by atoms with Gasteiger partial charge in [0, 0.05) is 27.7 Å².